The number of imidazole rings is 1. The quantitative estimate of drug-likeness (QED) is 0.695. The number of aromatic amines is 1. The lowest BCUT2D eigenvalue weighted by Gasteiger charge is -2.01. The normalized spacial score (nSPS) is 10.5. The molecule has 116 valence electrons. The van der Waals surface area contributed by atoms with Gasteiger partial charge in [-0.3, -0.25) is 9.59 Å². The molecule has 1 aromatic heterocycles. The van der Waals surface area contributed by atoms with Crippen molar-refractivity contribution in [2.24, 2.45) is 0 Å². The van der Waals surface area contributed by atoms with Gasteiger partial charge in [0.1, 0.15) is 5.82 Å². The minimum absolute atomic E-state index is 0.117. The van der Waals surface area contributed by atoms with Crippen molar-refractivity contribution in [1.29, 1.82) is 0 Å². The van der Waals surface area contributed by atoms with E-state index in [1.165, 1.54) is 6.92 Å². The number of rotatable bonds is 3. The molecule has 0 saturated carbocycles. The molecule has 6 heteroatoms. The maximum Gasteiger partial charge on any atom is 0.251 e. The zero-order valence-corrected chi connectivity index (χ0v) is 12.8. The number of amides is 2. The first kappa shape index (κ1) is 14.8. The van der Waals surface area contributed by atoms with E-state index in [1.807, 2.05) is 30.3 Å². The van der Waals surface area contributed by atoms with Gasteiger partial charge < -0.3 is 15.6 Å². The van der Waals surface area contributed by atoms with Crippen LogP contribution < -0.4 is 10.6 Å². The van der Waals surface area contributed by atoms with Crippen LogP contribution in [0.2, 0.25) is 0 Å². The number of anilines is 1. The SMILES string of the molecule is CNC(=O)c1ccc(-c2nc3ccc(NC(C)=O)cc3[nH]2)cc1. The standard InChI is InChI=1S/C17H16N4O2/c1-10(22)19-13-7-8-14-15(9-13)21-16(20-14)11-3-5-12(6-4-11)17(23)18-2/h3-9H,1-2H3,(H,18,23)(H,19,22)(H,20,21). The number of hydrogen-bond acceptors (Lipinski definition) is 3. The molecule has 0 spiro atoms. The zero-order valence-electron chi connectivity index (χ0n) is 12.8. The molecule has 0 fully saturated rings. The molecule has 0 unspecified atom stereocenters. The van der Waals surface area contributed by atoms with Gasteiger partial charge in [-0.15, -0.1) is 0 Å². The van der Waals surface area contributed by atoms with E-state index in [0.717, 1.165) is 22.3 Å². The first-order valence-corrected chi connectivity index (χ1v) is 7.16. The summed E-state index contributed by atoms with van der Waals surface area (Å²) in [6.45, 7) is 1.47. The number of fused-ring (bicyclic) bond motifs is 1. The van der Waals surface area contributed by atoms with Gasteiger partial charge in [-0.1, -0.05) is 12.1 Å². The maximum absolute atomic E-state index is 11.6. The Balaban J connectivity index is 1.93. The van der Waals surface area contributed by atoms with Gasteiger partial charge in [0.25, 0.3) is 5.91 Å². The number of aromatic nitrogens is 2. The van der Waals surface area contributed by atoms with Gasteiger partial charge in [-0.25, -0.2) is 4.98 Å². The van der Waals surface area contributed by atoms with Gasteiger partial charge in [0.15, 0.2) is 0 Å². The molecule has 0 radical (unpaired) electrons. The average molecular weight is 308 g/mol. The molecular formula is C17H16N4O2. The summed E-state index contributed by atoms with van der Waals surface area (Å²) in [4.78, 5) is 30.4. The van der Waals surface area contributed by atoms with Gasteiger partial charge >= 0.3 is 0 Å². The molecule has 3 N–H and O–H groups in total. The summed E-state index contributed by atoms with van der Waals surface area (Å²) in [5.41, 5.74) is 3.84. The maximum atomic E-state index is 11.6. The lowest BCUT2D eigenvalue weighted by atomic mass is 10.1. The van der Waals surface area contributed by atoms with Crippen molar-refractivity contribution in [2.45, 2.75) is 6.92 Å². The van der Waals surface area contributed by atoms with Crippen molar-refractivity contribution in [2.75, 3.05) is 12.4 Å². The number of hydrogen-bond donors (Lipinski definition) is 3. The number of carbonyl (C=O) groups excluding carboxylic acids is 2. The van der Waals surface area contributed by atoms with E-state index in [9.17, 15) is 9.59 Å². The van der Waals surface area contributed by atoms with E-state index >= 15 is 0 Å². The van der Waals surface area contributed by atoms with Crippen LogP contribution in [0, 0.1) is 0 Å². The Bertz CT molecular complexity index is 881. The number of benzene rings is 2. The highest BCUT2D eigenvalue weighted by atomic mass is 16.2. The Morgan fingerprint density at radius 2 is 1.83 bits per heavy atom. The monoisotopic (exact) mass is 308 g/mol. The van der Waals surface area contributed by atoms with Crippen molar-refractivity contribution in [1.82, 2.24) is 15.3 Å². The smallest absolute Gasteiger partial charge is 0.251 e. The number of carbonyl (C=O) groups is 2. The van der Waals surface area contributed by atoms with Crippen LogP contribution in [0.15, 0.2) is 42.5 Å². The van der Waals surface area contributed by atoms with Crippen LogP contribution in [0.25, 0.3) is 22.4 Å². The minimum atomic E-state index is -0.124. The first-order chi connectivity index (χ1) is 11.1. The number of nitrogens with zero attached hydrogens (tertiary/aromatic N) is 1. The van der Waals surface area contributed by atoms with E-state index < -0.39 is 0 Å². The van der Waals surface area contributed by atoms with Crippen molar-refractivity contribution < 1.29 is 9.59 Å². The summed E-state index contributed by atoms with van der Waals surface area (Å²) in [5, 5.41) is 5.33. The highest BCUT2D eigenvalue weighted by Gasteiger charge is 2.08. The van der Waals surface area contributed by atoms with Crippen LogP contribution in [-0.2, 0) is 4.79 Å². The fraction of sp³-hybridized carbons (Fsp3) is 0.118. The molecule has 0 aliphatic heterocycles. The summed E-state index contributed by atoms with van der Waals surface area (Å²) >= 11 is 0. The third-order valence-corrected chi connectivity index (χ3v) is 3.45. The van der Waals surface area contributed by atoms with Crippen molar-refractivity contribution in [3.63, 3.8) is 0 Å². The molecule has 2 amide bonds. The summed E-state index contributed by atoms with van der Waals surface area (Å²) in [6.07, 6.45) is 0. The fourth-order valence-corrected chi connectivity index (χ4v) is 2.35. The van der Waals surface area contributed by atoms with E-state index in [0.29, 0.717) is 11.4 Å². The second kappa shape index (κ2) is 5.92. The fourth-order valence-electron chi connectivity index (χ4n) is 2.35. The van der Waals surface area contributed by atoms with Crippen LogP contribution in [0.1, 0.15) is 17.3 Å². The van der Waals surface area contributed by atoms with Gasteiger partial charge in [0.2, 0.25) is 5.91 Å². The molecule has 0 aliphatic carbocycles. The molecule has 1 heterocycles. The van der Waals surface area contributed by atoms with E-state index in [2.05, 4.69) is 20.6 Å². The Morgan fingerprint density at radius 3 is 2.48 bits per heavy atom. The van der Waals surface area contributed by atoms with E-state index in [1.54, 1.807) is 19.2 Å². The topological polar surface area (TPSA) is 86.9 Å². The second-order valence-corrected chi connectivity index (χ2v) is 5.15. The number of nitrogens with one attached hydrogen (secondary N) is 3. The Labute approximate surface area is 132 Å². The van der Waals surface area contributed by atoms with E-state index in [-0.39, 0.29) is 11.8 Å². The average Bonchev–Trinajstić information content (AvgIpc) is 2.97. The second-order valence-electron chi connectivity index (χ2n) is 5.15. The van der Waals surface area contributed by atoms with E-state index in [4.69, 9.17) is 0 Å². The Kier molecular flexibility index (Phi) is 3.80. The van der Waals surface area contributed by atoms with Crippen molar-refractivity contribution in [3.05, 3.63) is 48.0 Å². The summed E-state index contributed by atoms with van der Waals surface area (Å²) < 4.78 is 0. The molecule has 3 aromatic rings. The lowest BCUT2D eigenvalue weighted by molar-refractivity contribution is -0.114. The van der Waals surface area contributed by atoms with Gasteiger partial charge in [-0.2, -0.15) is 0 Å². The van der Waals surface area contributed by atoms with Gasteiger partial charge in [0, 0.05) is 30.8 Å². The van der Waals surface area contributed by atoms with Crippen molar-refractivity contribution in [3.8, 4) is 11.4 Å². The molecule has 2 aromatic carbocycles. The predicted octanol–water partition coefficient (Wildman–Crippen LogP) is 2.55. The molecule has 0 saturated heterocycles. The Hall–Kier alpha value is -3.15. The van der Waals surface area contributed by atoms with Gasteiger partial charge in [0.05, 0.1) is 11.0 Å². The number of H-pyrrole nitrogens is 1. The van der Waals surface area contributed by atoms with Crippen LogP contribution in [0.3, 0.4) is 0 Å². The molecule has 23 heavy (non-hydrogen) atoms. The predicted molar refractivity (Wildman–Crippen MR) is 89.2 cm³/mol. The van der Waals surface area contributed by atoms with Crippen LogP contribution in [-0.4, -0.2) is 28.8 Å². The summed E-state index contributed by atoms with van der Waals surface area (Å²) in [7, 11) is 1.60. The first-order valence-electron chi connectivity index (χ1n) is 7.16. The molecule has 0 bridgehead atoms. The molecular weight excluding hydrogens is 292 g/mol. The van der Waals surface area contributed by atoms with Crippen LogP contribution in [0.5, 0.6) is 0 Å². The van der Waals surface area contributed by atoms with Crippen LogP contribution in [0.4, 0.5) is 5.69 Å². The van der Waals surface area contributed by atoms with Crippen LogP contribution >= 0.6 is 0 Å². The minimum Gasteiger partial charge on any atom is -0.355 e. The molecule has 0 aliphatic rings. The highest BCUT2D eigenvalue weighted by Crippen LogP contribution is 2.23. The molecule has 0 atom stereocenters. The third kappa shape index (κ3) is 3.06. The third-order valence-electron chi connectivity index (χ3n) is 3.45. The van der Waals surface area contributed by atoms with Gasteiger partial charge in [-0.05, 0) is 30.3 Å². The summed E-state index contributed by atoms with van der Waals surface area (Å²) in [6, 6.07) is 12.7. The molecule has 6 nitrogen and oxygen atoms in total. The Morgan fingerprint density at radius 1 is 1.09 bits per heavy atom. The lowest BCUT2D eigenvalue weighted by Crippen LogP contribution is -2.17. The molecule has 3 rings (SSSR count). The summed E-state index contributed by atoms with van der Waals surface area (Å²) in [5.74, 6) is 0.471. The van der Waals surface area contributed by atoms with Crippen molar-refractivity contribution >= 4 is 28.5 Å². The zero-order chi connectivity index (χ0) is 16.4. The highest BCUT2D eigenvalue weighted by molar-refractivity contribution is 5.94. The largest absolute Gasteiger partial charge is 0.355 e.